The van der Waals surface area contributed by atoms with Crippen LogP contribution in [0.3, 0.4) is 0 Å². The second kappa shape index (κ2) is 12.6. The van der Waals surface area contributed by atoms with Gasteiger partial charge in [0.1, 0.15) is 16.7 Å². The number of hydrogen-bond acceptors (Lipinski definition) is 4. The predicted octanol–water partition coefficient (Wildman–Crippen LogP) is 14.5. The van der Waals surface area contributed by atoms with Crippen molar-refractivity contribution in [2.75, 3.05) is 4.90 Å². The van der Waals surface area contributed by atoms with Crippen molar-refractivity contribution in [3.63, 3.8) is 0 Å². The van der Waals surface area contributed by atoms with Gasteiger partial charge in [-0.2, -0.15) is 0 Å². The summed E-state index contributed by atoms with van der Waals surface area (Å²) < 4.78 is 13.1. The number of fused-ring (bicyclic) bond motifs is 6. The lowest BCUT2D eigenvalue weighted by atomic mass is 9.94. The highest BCUT2D eigenvalue weighted by Crippen LogP contribution is 2.45. The first-order valence-electron chi connectivity index (χ1n) is 18.5. The Morgan fingerprint density at radius 1 is 0.400 bits per heavy atom. The zero-order valence-electron chi connectivity index (χ0n) is 29.7. The predicted molar refractivity (Wildman–Crippen MR) is 227 cm³/mol. The fourth-order valence-corrected chi connectivity index (χ4v) is 8.05. The molecule has 258 valence electrons. The Morgan fingerprint density at radius 2 is 1.04 bits per heavy atom. The monoisotopic (exact) mass is 704 g/mol. The van der Waals surface area contributed by atoms with Gasteiger partial charge < -0.3 is 13.7 Å². The lowest BCUT2D eigenvalue weighted by molar-refractivity contribution is 0.620. The van der Waals surface area contributed by atoms with Crippen molar-refractivity contribution >= 4 is 71.6 Å². The highest BCUT2D eigenvalue weighted by Gasteiger charge is 2.22. The number of nitrogens with zero attached hydrogens (tertiary/aromatic N) is 2. The molecule has 2 aromatic heterocycles. The molecule has 0 radical (unpaired) electrons. The SMILES string of the molecule is c1ccc(-c2ccc(N(c3ccc(-c4c5ccccc5cc5c4oc4cccc(-c6nc7ccccc7o6)c45)cc3)c3ccc4ccccc4c3)cc2)cc1. The summed E-state index contributed by atoms with van der Waals surface area (Å²) in [6.07, 6.45) is 0. The number of anilines is 3. The molecule has 9 aromatic carbocycles. The number of furan rings is 1. The Labute approximate surface area is 317 Å². The van der Waals surface area contributed by atoms with Crippen molar-refractivity contribution in [2.45, 2.75) is 0 Å². The summed E-state index contributed by atoms with van der Waals surface area (Å²) in [6, 6.07) is 68.2. The maximum atomic E-state index is 6.81. The van der Waals surface area contributed by atoms with Gasteiger partial charge in [0, 0.05) is 39.0 Å². The number of para-hydroxylation sites is 2. The lowest BCUT2D eigenvalue weighted by Crippen LogP contribution is -2.09. The largest absolute Gasteiger partial charge is 0.455 e. The second-order valence-corrected chi connectivity index (χ2v) is 13.9. The van der Waals surface area contributed by atoms with Crippen LogP contribution in [0.4, 0.5) is 17.1 Å². The fourth-order valence-electron chi connectivity index (χ4n) is 8.05. The second-order valence-electron chi connectivity index (χ2n) is 13.9. The van der Waals surface area contributed by atoms with E-state index >= 15 is 0 Å². The van der Waals surface area contributed by atoms with Gasteiger partial charge in [-0.1, -0.05) is 127 Å². The van der Waals surface area contributed by atoms with Gasteiger partial charge in [-0.15, -0.1) is 0 Å². The van der Waals surface area contributed by atoms with Gasteiger partial charge in [0.15, 0.2) is 5.58 Å². The summed E-state index contributed by atoms with van der Waals surface area (Å²) in [5, 5.41) is 6.71. The van der Waals surface area contributed by atoms with Gasteiger partial charge in [-0.05, 0) is 105 Å². The molecule has 0 saturated heterocycles. The molecular formula is C51H32N2O2. The highest BCUT2D eigenvalue weighted by molar-refractivity contribution is 6.21. The van der Waals surface area contributed by atoms with Crippen LogP contribution in [0.1, 0.15) is 0 Å². The van der Waals surface area contributed by atoms with Crippen LogP contribution in [-0.4, -0.2) is 4.98 Å². The van der Waals surface area contributed by atoms with Crippen LogP contribution in [-0.2, 0) is 0 Å². The van der Waals surface area contributed by atoms with Gasteiger partial charge in [0.25, 0.3) is 0 Å². The number of rotatable bonds is 6. The van der Waals surface area contributed by atoms with Crippen molar-refractivity contribution < 1.29 is 8.83 Å². The van der Waals surface area contributed by atoms with Crippen LogP contribution in [0.5, 0.6) is 0 Å². The molecule has 55 heavy (non-hydrogen) atoms. The summed E-state index contributed by atoms with van der Waals surface area (Å²) in [6.45, 7) is 0. The molecule has 0 aliphatic rings. The maximum absolute atomic E-state index is 6.81. The molecule has 0 atom stereocenters. The molecule has 0 fully saturated rings. The fraction of sp³-hybridized carbons (Fsp3) is 0. The van der Waals surface area contributed by atoms with E-state index in [0.717, 1.165) is 77.6 Å². The van der Waals surface area contributed by atoms with Crippen molar-refractivity contribution in [2.24, 2.45) is 0 Å². The standard InChI is InChI=1S/C51H32N2O2/c1-2-11-33(12-3-1)35-21-26-39(27-22-35)53(41-30-23-34-13-4-5-14-37(34)31-41)40-28-24-36(25-29-40)48-42-16-7-6-15-38(42)32-44-49-43(17-10-20-47(49)54-50(44)48)51-52-45-18-8-9-19-46(45)55-51/h1-32H. The minimum absolute atomic E-state index is 0.583. The third kappa shape index (κ3) is 5.26. The van der Waals surface area contributed by atoms with Gasteiger partial charge in [0.2, 0.25) is 5.89 Å². The van der Waals surface area contributed by atoms with Crippen LogP contribution >= 0.6 is 0 Å². The van der Waals surface area contributed by atoms with Crippen LogP contribution in [0.15, 0.2) is 203 Å². The van der Waals surface area contributed by atoms with Crippen LogP contribution in [0.2, 0.25) is 0 Å². The smallest absolute Gasteiger partial charge is 0.228 e. The minimum atomic E-state index is 0.583. The van der Waals surface area contributed by atoms with E-state index in [0.29, 0.717) is 5.89 Å². The molecule has 0 aliphatic carbocycles. The van der Waals surface area contributed by atoms with Gasteiger partial charge in [-0.25, -0.2) is 4.98 Å². The molecule has 2 heterocycles. The third-order valence-corrected chi connectivity index (χ3v) is 10.7. The van der Waals surface area contributed by atoms with E-state index in [1.807, 2.05) is 36.4 Å². The van der Waals surface area contributed by atoms with E-state index in [1.165, 1.54) is 21.9 Å². The molecule has 0 spiro atoms. The van der Waals surface area contributed by atoms with Crippen LogP contribution < -0.4 is 4.90 Å². The molecule has 0 saturated carbocycles. The molecule has 11 rings (SSSR count). The van der Waals surface area contributed by atoms with Crippen molar-refractivity contribution in [1.82, 2.24) is 4.98 Å². The van der Waals surface area contributed by atoms with Crippen molar-refractivity contribution in [3.8, 4) is 33.7 Å². The molecule has 0 bridgehead atoms. The Bertz CT molecular complexity index is 3160. The Balaban J connectivity index is 1.07. The minimum Gasteiger partial charge on any atom is -0.455 e. The molecule has 4 nitrogen and oxygen atoms in total. The van der Waals surface area contributed by atoms with E-state index in [-0.39, 0.29) is 0 Å². The van der Waals surface area contributed by atoms with Crippen molar-refractivity contribution in [3.05, 3.63) is 194 Å². The molecule has 0 N–H and O–H groups in total. The summed E-state index contributed by atoms with van der Waals surface area (Å²) in [4.78, 5) is 7.19. The molecule has 11 aromatic rings. The topological polar surface area (TPSA) is 42.4 Å². The number of aromatic nitrogens is 1. The Morgan fingerprint density at radius 3 is 1.84 bits per heavy atom. The number of benzene rings is 9. The maximum Gasteiger partial charge on any atom is 0.228 e. The summed E-state index contributed by atoms with van der Waals surface area (Å²) in [7, 11) is 0. The number of hydrogen-bond donors (Lipinski definition) is 0. The first kappa shape index (κ1) is 31.1. The molecule has 0 amide bonds. The van der Waals surface area contributed by atoms with E-state index < -0.39 is 0 Å². The van der Waals surface area contributed by atoms with Crippen molar-refractivity contribution in [1.29, 1.82) is 0 Å². The Hall–Kier alpha value is -7.43. The molecule has 4 heteroatoms. The lowest BCUT2D eigenvalue weighted by Gasteiger charge is -2.26. The quantitative estimate of drug-likeness (QED) is 0.173. The highest BCUT2D eigenvalue weighted by atomic mass is 16.3. The van der Waals surface area contributed by atoms with Gasteiger partial charge in [-0.3, -0.25) is 0 Å². The van der Waals surface area contributed by atoms with E-state index in [9.17, 15) is 0 Å². The molecule has 0 unspecified atom stereocenters. The summed E-state index contributed by atoms with van der Waals surface area (Å²) >= 11 is 0. The van der Waals surface area contributed by atoms with Gasteiger partial charge in [0.05, 0.1) is 0 Å². The molecular weight excluding hydrogens is 673 g/mol. The van der Waals surface area contributed by atoms with Crippen LogP contribution in [0, 0.1) is 0 Å². The average molecular weight is 705 g/mol. The zero-order valence-corrected chi connectivity index (χ0v) is 29.7. The average Bonchev–Trinajstić information content (AvgIpc) is 3.86. The number of oxazole rings is 1. The molecule has 0 aliphatic heterocycles. The first-order chi connectivity index (χ1) is 27.2. The summed E-state index contributed by atoms with van der Waals surface area (Å²) in [5.74, 6) is 0.583. The van der Waals surface area contributed by atoms with Gasteiger partial charge >= 0.3 is 0 Å². The van der Waals surface area contributed by atoms with E-state index in [4.69, 9.17) is 13.8 Å². The Kier molecular flexibility index (Phi) is 7.14. The zero-order chi connectivity index (χ0) is 36.3. The normalized spacial score (nSPS) is 11.6. The summed E-state index contributed by atoms with van der Waals surface area (Å²) in [5.41, 5.74) is 11.9. The third-order valence-electron chi connectivity index (χ3n) is 10.7. The van der Waals surface area contributed by atoms with E-state index in [1.54, 1.807) is 0 Å². The van der Waals surface area contributed by atoms with E-state index in [2.05, 4.69) is 163 Å². The van der Waals surface area contributed by atoms with Crippen LogP contribution in [0.25, 0.3) is 88.3 Å². The first-order valence-corrected chi connectivity index (χ1v) is 18.5.